The van der Waals surface area contributed by atoms with Crippen molar-refractivity contribution in [3.63, 3.8) is 0 Å². The first-order valence-electron chi connectivity index (χ1n) is 6.40. The molecule has 1 aromatic heterocycles. The van der Waals surface area contributed by atoms with E-state index in [1.54, 1.807) is 6.20 Å². The maximum atomic E-state index is 12.1. The third kappa shape index (κ3) is 4.31. The highest BCUT2D eigenvalue weighted by Crippen LogP contribution is 2.23. The van der Waals surface area contributed by atoms with Crippen molar-refractivity contribution in [3.8, 4) is 0 Å². The van der Waals surface area contributed by atoms with Crippen LogP contribution >= 0.6 is 15.9 Å². The number of hydrogen-bond acceptors (Lipinski definition) is 4. The predicted octanol–water partition coefficient (Wildman–Crippen LogP) is 2.41. The smallest absolute Gasteiger partial charge is 0.283 e. The normalized spacial score (nSPS) is 11.9. The van der Waals surface area contributed by atoms with Gasteiger partial charge in [0.1, 0.15) is 4.47 Å². The fraction of sp³-hybridized carbons (Fsp3) is 0.692. The maximum absolute atomic E-state index is 12.1. The van der Waals surface area contributed by atoms with E-state index in [2.05, 4.69) is 40.2 Å². The molecule has 1 rings (SSSR count). The molecule has 0 fully saturated rings. The van der Waals surface area contributed by atoms with E-state index in [0.717, 1.165) is 0 Å². The van der Waals surface area contributed by atoms with Crippen molar-refractivity contribution in [1.82, 2.24) is 9.78 Å². The zero-order valence-corrected chi connectivity index (χ0v) is 13.5. The Hall–Kier alpha value is -0.880. The number of halogens is 1. The fourth-order valence-electron chi connectivity index (χ4n) is 1.66. The van der Waals surface area contributed by atoms with Gasteiger partial charge in [0.05, 0.1) is 17.9 Å². The molecule has 0 bridgehead atoms. The minimum Gasteiger partial charge on any atom is -0.396 e. The number of nitrogens with one attached hydrogen (secondary N) is 1. The van der Waals surface area contributed by atoms with Crippen molar-refractivity contribution in [3.05, 3.63) is 21.0 Å². The zero-order chi connectivity index (χ0) is 14.6. The topological polar surface area (TPSA) is 67.2 Å². The van der Waals surface area contributed by atoms with Gasteiger partial charge in [-0.05, 0) is 41.6 Å². The van der Waals surface area contributed by atoms with Crippen LogP contribution in [0.3, 0.4) is 0 Å². The van der Waals surface area contributed by atoms with Crippen molar-refractivity contribution >= 4 is 21.6 Å². The van der Waals surface area contributed by atoms with Crippen LogP contribution in [0.1, 0.15) is 40.2 Å². The summed E-state index contributed by atoms with van der Waals surface area (Å²) in [6, 6.07) is 0.0312. The summed E-state index contributed by atoms with van der Waals surface area (Å²) in [4.78, 5) is 12.1. The molecule has 0 aliphatic rings. The van der Waals surface area contributed by atoms with Crippen LogP contribution < -0.4 is 10.9 Å². The Morgan fingerprint density at radius 2 is 2.16 bits per heavy atom. The molecule has 1 aromatic rings. The molecule has 0 amide bonds. The first-order valence-corrected chi connectivity index (χ1v) is 7.20. The lowest BCUT2D eigenvalue weighted by Crippen LogP contribution is -2.28. The Kier molecular flexibility index (Phi) is 5.55. The van der Waals surface area contributed by atoms with Crippen LogP contribution in [-0.2, 0) is 0 Å². The Morgan fingerprint density at radius 3 is 2.68 bits per heavy atom. The first kappa shape index (κ1) is 16.2. The molecule has 0 spiro atoms. The van der Waals surface area contributed by atoms with Crippen LogP contribution in [-0.4, -0.2) is 28.0 Å². The molecule has 6 heteroatoms. The highest BCUT2D eigenvalue weighted by atomic mass is 79.9. The van der Waals surface area contributed by atoms with Crippen LogP contribution in [0, 0.1) is 5.41 Å². The highest BCUT2D eigenvalue weighted by Gasteiger charge is 2.18. The van der Waals surface area contributed by atoms with Gasteiger partial charge >= 0.3 is 0 Å². The summed E-state index contributed by atoms with van der Waals surface area (Å²) in [5.74, 6) is 0. The predicted molar refractivity (Wildman–Crippen MR) is 80.6 cm³/mol. The summed E-state index contributed by atoms with van der Waals surface area (Å²) < 4.78 is 1.93. The molecular weight excluding hydrogens is 310 g/mol. The van der Waals surface area contributed by atoms with Crippen molar-refractivity contribution in [2.24, 2.45) is 5.41 Å². The van der Waals surface area contributed by atoms with Gasteiger partial charge in [-0.3, -0.25) is 4.79 Å². The van der Waals surface area contributed by atoms with E-state index in [1.807, 2.05) is 13.8 Å². The molecule has 19 heavy (non-hydrogen) atoms. The largest absolute Gasteiger partial charge is 0.396 e. The molecule has 2 N–H and O–H groups in total. The molecule has 0 aliphatic heterocycles. The van der Waals surface area contributed by atoms with E-state index in [1.165, 1.54) is 4.68 Å². The van der Waals surface area contributed by atoms with Gasteiger partial charge in [0.15, 0.2) is 0 Å². The summed E-state index contributed by atoms with van der Waals surface area (Å²) in [6.07, 6.45) is 2.36. The number of hydrogen-bond donors (Lipinski definition) is 2. The average molecular weight is 332 g/mol. The summed E-state index contributed by atoms with van der Waals surface area (Å²) in [6.45, 7) is 8.78. The fourth-order valence-corrected chi connectivity index (χ4v) is 2.09. The third-order valence-corrected chi connectivity index (χ3v) is 3.75. The summed E-state index contributed by atoms with van der Waals surface area (Å²) in [5.41, 5.74) is 0.508. The molecule has 5 nitrogen and oxygen atoms in total. The maximum Gasteiger partial charge on any atom is 0.283 e. The van der Waals surface area contributed by atoms with Gasteiger partial charge in [-0.15, -0.1) is 0 Å². The summed E-state index contributed by atoms with van der Waals surface area (Å²) >= 11 is 3.32. The number of aliphatic hydroxyl groups excluding tert-OH is 1. The number of aromatic nitrogens is 2. The Bertz CT molecular complexity index is 483. The minimum absolute atomic E-state index is 0.0312. The van der Waals surface area contributed by atoms with Gasteiger partial charge in [-0.25, -0.2) is 4.68 Å². The van der Waals surface area contributed by atoms with Crippen LogP contribution in [0.25, 0.3) is 0 Å². The molecule has 0 saturated carbocycles. The van der Waals surface area contributed by atoms with Crippen molar-refractivity contribution < 1.29 is 5.11 Å². The Balaban J connectivity index is 2.87. The van der Waals surface area contributed by atoms with Crippen LogP contribution in [0.5, 0.6) is 0 Å². The Labute approximate surface area is 122 Å². The molecule has 0 atom stereocenters. The lowest BCUT2D eigenvalue weighted by Gasteiger charge is -2.24. The van der Waals surface area contributed by atoms with Crippen molar-refractivity contribution in [2.45, 2.75) is 40.2 Å². The summed E-state index contributed by atoms with van der Waals surface area (Å²) in [7, 11) is 0. The third-order valence-electron chi connectivity index (χ3n) is 2.98. The van der Waals surface area contributed by atoms with Gasteiger partial charge in [-0.1, -0.05) is 13.8 Å². The van der Waals surface area contributed by atoms with E-state index in [0.29, 0.717) is 23.1 Å². The van der Waals surface area contributed by atoms with E-state index < -0.39 is 0 Å². The average Bonchev–Trinajstić information content (AvgIpc) is 2.30. The van der Waals surface area contributed by atoms with Crippen LogP contribution in [0.2, 0.25) is 0 Å². The van der Waals surface area contributed by atoms with Crippen molar-refractivity contribution in [2.75, 3.05) is 18.5 Å². The number of anilines is 1. The van der Waals surface area contributed by atoms with Gasteiger partial charge in [-0.2, -0.15) is 5.10 Å². The van der Waals surface area contributed by atoms with Crippen LogP contribution in [0.15, 0.2) is 15.5 Å². The quantitative estimate of drug-likeness (QED) is 0.839. The number of aliphatic hydroxyl groups is 1. The highest BCUT2D eigenvalue weighted by molar-refractivity contribution is 9.10. The van der Waals surface area contributed by atoms with Gasteiger partial charge in [0, 0.05) is 13.2 Å². The lowest BCUT2D eigenvalue weighted by molar-refractivity contribution is 0.220. The van der Waals surface area contributed by atoms with E-state index in [4.69, 9.17) is 5.11 Å². The zero-order valence-electron chi connectivity index (χ0n) is 11.9. The van der Waals surface area contributed by atoms with Crippen molar-refractivity contribution in [1.29, 1.82) is 0 Å². The summed E-state index contributed by atoms with van der Waals surface area (Å²) in [5, 5.41) is 16.4. The van der Waals surface area contributed by atoms with Gasteiger partial charge in [0.2, 0.25) is 0 Å². The second-order valence-electron chi connectivity index (χ2n) is 5.71. The molecule has 0 radical (unpaired) electrons. The second-order valence-corrected chi connectivity index (χ2v) is 6.50. The molecule has 0 unspecified atom stereocenters. The molecule has 0 aromatic carbocycles. The number of rotatable bonds is 6. The van der Waals surface area contributed by atoms with E-state index in [-0.39, 0.29) is 23.6 Å². The van der Waals surface area contributed by atoms with E-state index in [9.17, 15) is 4.79 Å². The molecule has 0 aliphatic carbocycles. The second kappa shape index (κ2) is 6.52. The molecule has 108 valence electrons. The molecule has 0 saturated heterocycles. The number of nitrogens with zero attached hydrogens (tertiary/aromatic N) is 2. The van der Waals surface area contributed by atoms with Gasteiger partial charge < -0.3 is 10.4 Å². The Morgan fingerprint density at radius 1 is 1.53 bits per heavy atom. The SMILES string of the molecule is CC(C)n1ncc(NCC(C)(C)CCO)c(Br)c1=O. The van der Waals surface area contributed by atoms with Crippen LogP contribution in [0.4, 0.5) is 5.69 Å². The van der Waals surface area contributed by atoms with E-state index >= 15 is 0 Å². The first-order chi connectivity index (χ1) is 8.78. The standard InChI is InChI=1S/C13H22BrN3O2/c1-9(2)17-12(19)11(14)10(7-16-17)15-8-13(3,4)5-6-18/h7,9,15,18H,5-6,8H2,1-4H3. The minimum atomic E-state index is -0.139. The molecular formula is C13H22BrN3O2. The lowest BCUT2D eigenvalue weighted by atomic mass is 9.90. The van der Waals surface area contributed by atoms with Gasteiger partial charge in [0.25, 0.3) is 5.56 Å². The molecule has 1 heterocycles. The monoisotopic (exact) mass is 331 g/mol.